The van der Waals surface area contributed by atoms with E-state index in [0.717, 1.165) is 5.56 Å². The van der Waals surface area contributed by atoms with Crippen molar-refractivity contribution in [2.45, 2.75) is 6.42 Å². The maximum absolute atomic E-state index is 13.8. The van der Waals surface area contributed by atoms with Gasteiger partial charge in [-0.05, 0) is 36.2 Å². The topological polar surface area (TPSA) is 64.9 Å². The molecule has 1 amide bonds. The van der Waals surface area contributed by atoms with Crippen LogP contribution in [-0.2, 0) is 11.2 Å². The molecule has 2 aromatic rings. The lowest BCUT2D eigenvalue weighted by atomic mass is 10.1. The summed E-state index contributed by atoms with van der Waals surface area (Å²) >= 11 is 0. The van der Waals surface area contributed by atoms with E-state index in [1.54, 1.807) is 36.5 Å². The van der Waals surface area contributed by atoms with Crippen molar-refractivity contribution in [2.75, 3.05) is 18.1 Å². The van der Waals surface area contributed by atoms with Crippen LogP contribution in [0.15, 0.2) is 53.6 Å². The third-order valence-corrected chi connectivity index (χ3v) is 3.87. The summed E-state index contributed by atoms with van der Waals surface area (Å²) in [5.41, 5.74) is 1.40. The fourth-order valence-electron chi connectivity index (χ4n) is 2.54. The van der Waals surface area contributed by atoms with Crippen molar-refractivity contribution in [1.29, 1.82) is 0 Å². The second-order valence-corrected chi connectivity index (χ2v) is 5.61. The highest BCUT2D eigenvalue weighted by Crippen LogP contribution is 2.22. The number of nitrogens with one attached hydrogen (secondary N) is 1. The van der Waals surface area contributed by atoms with Crippen molar-refractivity contribution in [3.8, 4) is 5.75 Å². The Morgan fingerprint density at radius 3 is 2.75 bits per heavy atom. The zero-order valence-corrected chi connectivity index (χ0v) is 13.0. The number of anilines is 1. The molecule has 124 valence electrons. The molecule has 0 aromatic heterocycles. The number of carbonyl (C=O) groups is 1. The van der Waals surface area contributed by atoms with Gasteiger partial charge in [-0.15, -0.1) is 0 Å². The molecule has 1 unspecified atom stereocenters. The highest BCUT2D eigenvalue weighted by atomic mass is 19.1. The van der Waals surface area contributed by atoms with Crippen LogP contribution in [0.25, 0.3) is 0 Å². The number of rotatable bonds is 5. The molecule has 6 heteroatoms. The summed E-state index contributed by atoms with van der Waals surface area (Å²) in [6, 6.07) is 13.2. The van der Waals surface area contributed by atoms with Crippen molar-refractivity contribution in [3.05, 3.63) is 59.9 Å². The zero-order valence-electron chi connectivity index (χ0n) is 13.0. The average Bonchev–Trinajstić information content (AvgIpc) is 3.07. The molecule has 0 saturated heterocycles. The third kappa shape index (κ3) is 3.71. The molecule has 1 aliphatic rings. The van der Waals surface area contributed by atoms with Gasteiger partial charge in [0.1, 0.15) is 11.6 Å². The summed E-state index contributed by atoms with van der Waals surface area (Å²) in [4.78, 5) is 12.2. The second kappa shape index (κ2) is 7.12. The van der Waals surface area contributed by atoms with Gasteiger partial charge in [0.05, 0.1) is 18.2 Å². The van der Waals surface area contributed by atoms with Crippen molar-refractivity contribution in [2.24, 2.45) is 11.0 Å². The number of aromatic hydroxyl groups is 1. The zero-order chi connectivity index (χ0) is 16.9. The Bertz CT molecular complexity index is 746. The van der Waals surface area contributed by atoms with Gasteiger partial charge in [0, 0.05) is 12.8 Å². The molecule has 5 nitrogen and oxygen atoms in total. The van der Waals surface area contributed by atoms with Gasteiger partial charge < -0.3 is 10.4 Å². The maximum atomic E-state index is 13.8. The van der Waals surface area contributed by atoms with Gasteiger partial charge in [-0.3, -0.25) is 9.80 Å². The highest BCUT2D eigenvalue weighted by Gasteiger charge is 2.26. The molecule has 0 radical (unpaired) electrons. The summed E-state index contributed by atoms with van der Waals surface area (Å²) in [6.07, 6.45) is 2.22. The molecule has 1 aliphatic heterocycles. The number of hydrazone groups is 1. The average molecular weight is 327 g/mol. The lowest BCUT2D eigenvalue weighted by Gasteiger charge is -2.16. The molecule has 0 bridgehead atoms. The largest absolute Gasteiger partial charge is 0.508 e. The predicted octanol–water partition coefficient (Wildman–Crippen LogP) is 2.31. The van der Waals surface area contributed by atoms with E-state index in [0.29, 0.717) is 25.2 Å². The minimum Gasteiger partial charge on any atom is -0.508 e. The third-order valence-electron chi connectivity index (χ3n) is 3.87. The summed E-state index contributed by atoms with van der Waals surface area (Å²) in [5.74, 6) is -0.665. The maximum Gasteiger partial charge on any atom is 0.230 e. The first-order valence-corrected chi connectivity index (χ1v) is 7.75. The molecular weight excluding hydrogens is 309 g/mol. The number of hydrogen-bond acceptors (Lipinski definition) is 4. The lowest BCUT2D eigenvalue weighted by Crippen LogP contribution is -2.35. The van der Waals surface area contributed by atoms with Crippen LogP contribution < -0.4 is 10.3 Å². The Morgan fingerprint density at radius 1 is 1.25 bits per heavy atom. The van der Waals surface area contributed by atoms with Gasteiger partial charge in [0.25, 0.3) is 0 Å². The Kier molecular flexibility index (Phi) is 4.74. The Balaban J connectivity index is 1.49. The highest BCUT2D eigenvalue weighted by molar-refractivity contribution is 5.95. The van der Waals surface area contributed by atoms with Crippen LogP contribution in [0.1, 0.15) is 5.56 Å². The van der Waals surface area contributed by atoms with Gasteiger partial charge >= 0.3 is 0 Å². The lowest BCUT2D eigenvalue weighted by molar-refractivity contribution is -0.122. The van der Waals surface area contributed by atoms with Crippen molar-refractivity contribution in [1.82, 2.24) is 5.32 Å². The number of phenols is 1. The summed E-state index contributed by atoms with van der Waals surface area (Å²) < 4.78 is 13.8. The Morgan fingerprint density at radius 2 is 2.00 bits per heavy atom. The molecular formula is C18H18FN3O2. The van der Waals surface area contributed by atoms with E-state index in [4.69, 9.17) is 0 Å². The molecule has 0 saturated carbocycles. The summed E-state index contributed by atoms with van der Waals surface area (Å²) in [7, 11) is 0. The number of phenolic OH excluding ortho intramolecular Hbond substituents is 1. The summed E-state index contributed by atoms with van der Waals surface area (Å²) in [6.45, 7) is 0.819. The van der Waals surface area contributed by atoms with Gasteiger partial charge in [0.2, 0.25) is 5.91 Å². The number of amides is 1. The van der Waals surface area contributed by atoms with Crippen molar-refractivity contribution in [3.63, 3.8) is 0 Å². The van der Waals surface area contributed by atoms with Crippen LogP contribution in [0.4, 0.5) is 10.1 Å². The van der Waals surface area contributed by atoms with Gasteiger partial charge in [-0.2, -0.15) is 5.10 Å². The number of hydrogen-bond donors (Lipinski definition) is 2. The first-order chi connectivity index (χ1) is 11.6. The Labute approximate surface area is 139 Å². The smallest absolute Gasteiger partial charge is 0.230 e. The number of benzene rings is 2. The molecule has 0 fully saturated rings. The first kappa shape index (κ1) is 16.0. The second-order valence-electron chi connectivity index (χ2n) is 5.61. The van der Waals surface area contributed by atoms with E-state index in [1.807, 2.05) is 12.1 Å². The standard InChI is InChI=1S/C18H18FN3O2/c19-16-3-1-2-4-17(16)22-12-14(11-21-22)18(24)20-10-9-13-5-7-15(23)8-6-13/h1-8,11,14,23H,9-10,12H2,(H,20,24). The van der Waals surface area contributed by atoms with E-state index in [-0.39, 0.29) is 17.5 Å². The van der Waals surface area contributed by atoms with Crippen LogP contribution in [0.2, 0.25) is 0 Å². The monoisotopic (exact) mass is 327 g/mol. The molecule has 24 heavy (non-hydrogen) atoms. The van der Waals surface area contributed by atoms with Crippen molar-refractivity contribution < 1.29 is 14.3 Å². The molecule has 0 spiro atoms. The van der Waals surface area contributed by atoms with Gasteiger partial charge in [0.15, 0.2) is 0 Å². The fourth-order valence-corrected chi connectivity index (χ4v) is 2.54. The molecule has 2 N–H and O–H groups in total. The van der Waals surface area contributed by atoms with Crippen LogP contribution in [0, 0.1) is 11.7 Å². The first-order valence-electron chi connectivity index (χ1n) is 7.75. The Hall–Kier alpha value is -2.89. The normalized spacial score (nSPS) is 16.4. The quantitative estimate of drug-likeness (QED) is 0.886. The fraction of sp³-hybridized carbons (Fsp3) is 0.222. The molecule has 1 atom stereocenters. The number of halogens is 1. The molecule has 0 aliphatic carbocycles. The number of nitrogens with zero attached hydrogens (tertiary/aromatic N) is 2. The number of carbonyl (C=O) groups excluding carboxylic acids is 1. The minimum absolute atomic E-state index is 0.128. The SMILES string of the molecule is O=C(NCCc1ccc(O)cc1)C1C=NN(c2ccccc2F)C1. The van der Waals surface area contributed by atoms with Gasteiger partial charge in [-0.25, -0.2) is 4.39 Å². The minimum atomic E-state index is -0.399. The number of para-hydroxylation sites is 1. The van der Waals surface area contributed by atoms with E-state index >= 15 is 0 Å². The molecule has 1 heterocycles. The van der Waals surface area contributed by atoms with Crippen LogP contribution in [-0.4, -0.2) is 30.3 Å². The van der Waals surface area contributed by atoms with E-state index < -0.39 is 5.92 Å². The molecule has 3 rings (SSSR count). The summed E-state index contributed by atoms with van der Waals surface area (Å²) in [5, 5.41) is 17.7. The van der Waals surface area contributed by atoms with E-state index in [1.165, 1.54) is 11.1 Å². The van der Waals surface area contributed by atoms with Crippen LogP contribution in [0.3, 0.4) is 0 Å². The predicted molar refractivity (Wildman–Crippen MR) is 90.5 cm³/mol. The van der Waals surface area contributed by atoms with Crippen molar-refractivity contribution >= 4 is 17.8 Å². The van der Waals surface area contributed by atoms with Crippen LogP contribution in [0.5, 0.6) is 5.75 Å². The van der Waals surface area contributed by atoms with Gasteiger partial charge in [-0.1, -0.05) is 24.3 Å². The molecule has 2 aromatic carbocycles. The van der Waals surface area contributed by atoms with E-state index in [2.05, 4.69) is 10.4 Å². The van der Waals surface area contributed by atoms with Crippen LogP contribution >= 0.6 is 0 Å². The van der Waals surface area contributed by atoms with E-state index in [9.17, 15) is 14.3 Å².